The lowest BCUT2D eigenvalue weighted by molar-refractivity contribution is 0.0184. The van der Waals surface area contributed by atoms with E-state index < -0.39 is 0 Å². The number of rotatable bonds is 9. The Morgan fingerprint density at radius 1 is 1.30 bits per heavy atom. The molecule has 0 fully saturated rings. The van der Waals surface area contributed by atoms with Gasteiger partial charge in [-0.2, -0.15) is 0 Å². The summed E-state index contributed by atoms with van der Waals surface area (Å²) in [5, 5.41) is 0. The van der Waals surface area contributed by atoms with E-state index in [-0.39, 0.29) is 17.9 Å². The summed E-state index contributed by atoms with van der Waals surface area (Å²) in [6, 6.07) is 8.68. The predicted molar refractivity (Wildman–Crippen MR) is 105 cm³/mol. The van der Waals surface area contributed by atoms with Crippen LogP contribution < -0.4 is 5.46 Å². The summed E-state index contributed by atoms with van der Waals surface area (Å²) in [5.41, 5.74) is 2.15. The number of hydrogen-bond acceptors (Lipinski definition) is 3. The summed E-state index contributed by atoms with van der Waals surface area (Å²) in [4.78, 5) is 0. The fraction of sp³-hybridized carbons (Fsp3) is 0.579. The molecule has 0 bridgehead atoms. The van der Waals surface area contributed by atoms with Gasteiger partial charge in [0.2, 0.25) is 0 Å². The number of hydrogen-bond donors (Lipinski definition) is 0. The van der Waals surface area contributed by atoms with Gasteiger partial charge in [-0.25, -0.2) is 0 Å². The fourth-order valence-electron chi connectivity index (χ4n) is 2.29. The molecule has 0 aromatic heterocycles. The van der Waals surface area contributed by atoms with E-state index in [0.29, 0.717) is 5.92 Å². The highest BCUT2D eigenvalue weighted by molar-refractivity contribution is 7.94. The van der Waals surface area contributed by atoms with Crippen LogP contribution in [0.15, 0.2) is 36.9 Å². The maximum absolute atomic E-state index is 6.39. The van der Waals surface area contributed by atoms with E-state index in [2.05, 4.69) is 72.3 Å². The molecule has 0 aliphatic heterocycles. The second kappa shape index (κ2) is 8.41. The lowest BCUT2D eigenvalue weighted by atomic mass is 9.61. The Balaban J connectivity index is 2.88. The summed E-state index contributed by atoms with van der Waals surface area (Å²) in [5.74, 6) is 1.40. The van der Waals surface area contributed by atoms with Crippen LogP contribution in [-0.2, 0) is 8.84 Å². The Morgan fingerprint density at radius 2 is 1.96 bits per heavy atom. The second-order valence-corrected chi connectivity index (χ2v) is 8.12. The second-order valence-electron chi connectivity index (χ2n) is 7.22. The van der Waals surface area contributed by atoms with Crippen molar-refractivity contribution in [2.24, 2.45) is 5.41 Å². The molecule has 0 amide bonds. The summed E-state index contributed by atoms with van der Waals surface area (Å²) in [7, 11) is 1.72. The van der Waals surface area contributed by atoms with E-state index in [1.165, 1.54) is 23.1 Å². The summed E-state index contributed by atoms with van der Waals surface area (Å²) in [6.45, 7) is 16.9. The lowest BCUT2D eigenvalue weighted by Crippen LogP contribution is -2.47. The molecule has 128 valence electrons. The van der Waals surface area contributed by atoms with Crippen molar-refractivity contribution in [1.82, 2.24) is 0 Å². The Morgan fingerprint density at radius 3 is 2.52 bits per heavy atom. The lowest BCUT2D eigenvalue weighted by Gasteiger charge is -2.41. The Bertz CT molecular complexity index is 514. The van der Waals surface area contributed by atoms with Crippen molar-refractivity contribution in [1.29, 1.82) is 0 Å². The largest absolute Gasteiger partial charge is 0.426 e. The van der Waals surface area contributed by atoms with E-state index >= 15 is 0 Å². The first-order valence-corrected chi connectivity index (χ1v) is 9.12. The van der Waals surface area contributed by atoms with Gasteiger partial charge in [0, 0.05) is 11.2 Å². The highest BCUT2D eigenvalue weighted by Gasteiger charge is 2.37. The van der Waals surface area contributed by atoms with E-state index in [1.54, 1.807) is 7.11 Å². The summed E-state index contributed by atoms with van der Waals surface area (Å²) < 4.78 is 11.5. The molecule has 4 heteroatoms. The smallest absolute Gasteiger partial charge is 0.324 e. The van der Waals surface area contributed by atoms with Gasteiger partial charge in [-0.1, -0.05) is 57.9 Å². The van der Waals surface area contributed by atoms with Crippen molar-refractivity contribution >= 4 is 24.4 Å². The standard InChI is InChI=1S/C19H31BO2S/c1-9-18(3,4)19(5,6)22-20(7)17-12-10-11-16(13-17)15(2)14-23-21-8/h9-13,15H,1,14H2,2-8H3. The quantitative estimate of drug-likeness (QED) is 0.363. The normalized spacial score (nSPS) is 13.7. The molecule has 0 aliphatic rings. The van der Waals surface area contributed by atoms with Gasteiger partial charge in [0.05, 0.1) is 12.7 Å². The van der Waals surface area contributed by atoms with Crippen molar-refractivity contribution in [2.75, 3.05) is 12.9 Å². The minimum Gasteiger partial charge on any atom is -0.426 e. The van der Waals surface area contributed by atoms with Crippen molar-refractivity contribution < 1.29 is 8.84 Å². The predicted octanol–water partition coefficient (Wildman–Crippen LogP) is 4.92. The Labute approximate surface area is 147 Å². The van der Waals surface area contributed by atoms with Gasteiger partial charge in [-0.3, -0.25) is 0 Å². The summed E-state index contributed by atoms with van der Waals surface area (Å²) >= 11 is 1.50. The average Bonchev–Trinajstić information content (AvgIpc) is 2.52. The molecule has 1 aromatic carbocycles. The minimum absolute atomic E-state index is 0.0338. The van der Waals surface area contributed by atoms with Crippen LogP contribution in [0.5, 0.6) is 0 Å². The maximum Gasteiger partial charge on any atom is 0.324 e. The van der Waals surface area contributed by atoms with Crippen LogP contribution in [0.4, 0.5) is 0 Å². The third-order valence-corrected chi connectivity index (χ3v) is 5.79. The van der Waals surface area contributed by atoms with Crippen molar-refractivity contribution in [3.8, 4) is 0 Å². The highest BCUT2D eigenvalue weighted by Crippen LogP contribution is 2.35. The van der Waals surface area contributed by atoms with Gasteiger partial charge < -0.3 is 8.84 Å². The van der Waals surface area contributed by atoms with Gasteiger partial charge in [-0.05, 0) is 42.8 Å². The Kier molecular flexibility index (Phi) is 7.44. The van der Waals surface area contributed by atoms with Crippen LogP contribution in [0.1, 0.15) is 46.1 Å². The van der Waals surface area contributed by atoms with Gasteiger partial charge >= 0.3 is 6.92 Å². The van der Waals surface area contributed by atoms with Gasteiger partial charge in [0.25, 0.3) is 0 Å². The topological polar surface area (TPSA) is 18.5 Å². The van der Waals surface area contributed by atoms with E-state index in [0.717, 1.165) is 5.75 Å². The van der Waals surface area contributed by atoms with Crippen LogP contribution >= 0.6 is 12.0 Å². The molecule has 23 heavy (non-hydrogen) atoms. The van der Waals surface area contributed by atoms with Crippen LogP contribution in [-0.4, -0.2) is 25.4 Å². The SMILES string of the molecule is C=CC(C)(C)C(C)(C)OB(C)c1cccc(C(C)CSOC)c1. The monoisotopic (exact) mass is 334 g/mol. The maximum atomic E-state index is 6.39. The van der Waals surface area contributed by atoms with Gasteiger partial charge in [0.1, 0.15) is 0 Å². The molecule has 0 N–H and O–H groups in total. The van der Waals surface area contributed by atoms with Crippen LogP contribution in [0.25, 0.3) is 0 Å². The van der Waals surface area contributed by atoms with Crippen LogP contribution in [0.3, 0.4) is 0 Å². The molecule has 0 saturated carbocycles. The molecule has 2 nitrogen and oxygen atoms in total. The first-order valence-electron chi connectivity index (χ1n) is 8.21. The average molecular weight is 334 g/mol. The van der Waals surface area contributed by atoms with Gasteiger partial charge in [0.15, 0.2) is 0 Å². The molecule has 0 radical (unpaired) electrons. The van der Waals surface area contributed by atoms with Crippen LogP contribution in [0.2, 0.25) is 6.82 Å². The zero-order valence-electron chi connectivity index (χ0n) is 15.7. The van der Waals surface area contributed by atoms with Crippen LogP contribution in [0, 0.1) is 5.41 Å². The zero-order chi connectivity index (χ0) is 17.7. The van der Waals surface area contributed by atoms with Gasteiger partial charge in [-0.15, -0.1) is 6.58 Å². The molecule has 0 saturated heterocycles. The Hall–Kier alpha value is -0.705. The minimum atomic E-state index is -0.290. The van der Waals surface area contributed by atoms with Crippen molar-refractivity contribution in [3.05, 3.63) is 42.5 Å². The molecule has 0 spiro atoms. The molecular formula is C19H31BO2S. The first kappa shape index (κ1) is 20.3. The molecule has 0 aliphatic carbocycles. The van der Waals surface area contributed by atoms with Crippen molar-refractivity contribution in [2.45, 2.75) is 53.0 Å². The molecule has 1 rings (SSSR count). The molecule has 0 heterocycles. The molecular weight excluding hydrogens is 303 g/mol. The molecule has 1 atom stereocenters. The fourth-order valence-corrected chi connectivity index (χ4v) is 2.83. The highest BCUT2D eigenvalue weighted by atomic mass is 32.2. The zero-order valence-corrected chi connectivity index (χ0v) is 16.5. The van der Waals surface area contributed by atoms with E-state index in [9.17, 15) is 0 Å². The molecule has 1 aromatic rings. The molecule has 1 unspecified atom stereocenters. The summed E-state index contributed by atoms with van der Waals surface area (Å²) in [6.07, 6.45) is 1.97. The van der Waals surface area contributed by atoms with Crippen molar-refractivity contribution in [3.63, 3.8) is 0 Å². The van der Waals surface area contributed by atoms with E-state index in [1.807, 2.05) is 6.08 Å². The first-order chi connectivity index (χ1) is 10.6. The third-order valence-electron chi connectivity index (χ3n) is 4.92. The van der Waals surface area contributed by atoms with E-state index in [4.69, 9.17) is 8.84 Å². The number of benzene rings is 1. The third kappa shape index (κ3) is 5.41.